The van der Waals surface area contributed by atoms with E-state index in [-0.39, 0.29) is 11.4 Å². The van der Waals surface area contributed by atoms with Crippen LogP contribution in [0.15, 0.2) is 35.5 Å². The number of esters is 1. The quantitative estimate of drug-likeness (QED) is 0.463. The fourth-order valence-electron chi connectivity index (χ4n) is 1.88. The molecule has 0 saturated carbocycles. The van der Waals surface area contributed by atoms with Crippen LogP contribution in [0.4, 0.5) is 0 Å². The second kappa shape index (κ2) is 7.79. The average molecular weight is 318 g/mol. The second-order valence-electron chi connectivity index (χ2n) is 4.47. The molecule has 0 radical (unpaired) electrons. The Balaban J connectivity index is 2.30. The zero-order valence-electron chi connectivity index (χ0n) is 12.8. The molecule has 0 N–H and O–H groups in total. The lowest BCUT2D eigenvalue weighted by Crippen LogP contribution is -2.13. The molecule has 1 aromatic carbocycles. The Kier molecular flexibility index (Phi) is 5.77. The van der Waals surface area contributed by atoms with Gasteiger partial charge in [-0.1, -0.05) is 42.1 Å². The van der Waals surface area contributed by atoms with Crippen LogP contribution in [-0.2, 0) is 11.3 Å². The Labute approximate surface area is 134 Å². The largest absolute Gasteiger partial charge is 0.472 e. The third-order valence-corrected chi connectivity index (χ3v) is 3.46. The number of benzene rings is 1. The van der Waals surface area contributed by atoms with Gasteiger partial charge in [0.05, 0.1) is 12.3 Å². The van der Waals surface area contributed by atoms with Gasteiger partial charge in [-0.2, -0.15) is 4.98 Å². The van der Waals surface area contributed by atoms with Crippen LogP contribution in [0.5, 0.6) is 5.88 Å². The maximum absolute atomic E-state index is 12.1. The van der Waals surface area contributed by atoms with Gasteiger partial charge >= 0.3 is 5.97 Å². The van der Waals surface area contributed by atoms with Gasteiger partial charge in [-0.15, -0.1) is 0 Å². The number of rotatable bonds is 6. The highest BCUT2D eigenvalue weighted by molar-refractivity contribution is 7.98. The van der Waals surface area contributed by atoms with Crippen molar-refractivity contribution in [2.75, 3.05) is 12.9 Å². The van der Waals surface area contributed by atoms with Gasteiger partial charge in [-0.05, 0) is 25.7 Å². The molecule has 0 aliphatic rings. The summed E-state index contributed by atoms with van der Waals surface area (Å²) < 4.78 is 10.8. The van der Waals surface area contributed by atoms with E-state index in [4.69, 9.17) is 9.47 Å². The molecule has 1 heterocycles. The topological polar surface area (TPSA) is 61.3 Å². The molecule has 5 nitrogen and oxygen atoms in total. The molecule has 0 saturated heterocycles. The van der Waals surface area contributed by atoms with Crippen molar-refractivity contribution in [1.82, 2.24) is 9.97 Å². The van der Waals surface area contributed by atoms with E-state index in [0.29, 0.717) is 24.1 Å². The van der Waals surface area contributed by atoms with Gasteiger partial charge in [0, 0.05) is 0 Å². The number of ether oxygens (including phenoxy) is 2. The van der Waals surface area contributed by atoms with Gasteiger partial charge in [-0.3, -0.25) is 0 Å². The van der Waals surface area contributed by atoms with Crippen molar-refractivity contribution < 1.29 is 14.3 Å². The van der Waals surface area contributed by atoms with Crippen molar-refractivity contribution in [3.8, 4) is 5.88 Å². The van der Waals surface area contributed by atoms with Crippen molar-refractivity contribution in [2.45, 2.75) is 25.6 Å². The first-order valence-electron chi connectivity index (χ1n) is 6.92. The average Bonchev–Trinajstić information content (AvgIpc) is 2.53. The number of hydrogen-bond acceptors (Lipinski definition) is 6. The lowest BCUT2D eigenvalue weighted by Gasteiger charge is -2.12. The van der Waals surface area contributed by atoms with Crippen molar-refractivity contribution in [3.63, 3.8) is 0 Å². The zero-order chi connectivity index (χ0) is 15.9. The highest BCUT2D eigenvalue weighted by Gasteiger charge is 2.21. The van der Waals surface area contributed by atoms with E-state index in [1.54, 1.807) is 13.8 Å². The summed E-state index contributed by atoms with van der Waals surface area (Å²) in [6, 6.07) is 9.71. The molecule has 0 spiro atoms. The molecule has 1 aromatic heterocycles. The van der Waals surface area contributed by atoms with Crippen LogP contribution in [0.1, 0.15) is 28.5 Å². The molecule has 2 rings (SSSR count). The monoisotopic (exact) mass is 318 g/mol. The van der Waals surface area contributed by atoms with Crippen LogP contribution in [0.3, 0.4) is 0 Å². The summed E-state index contributed by atoms with van der Waals surface area (Å²) in [7, 11) is 0. The molecule has 0 aliphatic heterocycles. The van der Waals surface area contributed by atoms with Crippen LogP contribution in [-0.4, -0.2) is 28.8 Å². The smallest absolute Gasteiger partial charge is 0.345 e. The highest BCUT2D eigenvalue weighted by atomic mass is 32.2. The third kappa shape index (κ3) is 3.98. The fraction of sp³-hybridized carbons (Fsp3) is 0.312. The first-order chi connectivity index (χ1) is 10.7. The Hall–Kier alpha value is -2.08. The minimum atomic E-state index is -0.462. The summed E-state index contributed by atoms with van der Waals surface area (Å²) in [6.07, 6.45) is 1.87. The van der Waals surface area contributed by atoms with Crippen LogP contribution in [0.25, 0.3) is 0 Å². The number of aryl methyl sites for hydroxylation is 1. The minimum Gasteiger partial charge on any atom is -0.472 e. The molecule has 6 heteroatoms. The van der Waals surface area contributed by atoms with E-state index in [1.165, 1.54) is 11.8 Å². The molecule has 0 fully saturated rings. The van der Waals surface area contributed by atoms with E-state index in [2.05, 4.69) is 9.97 Å². The number of carbonyl (C=O) groups excluding carboxylic acids is 1. The number of carbonyl (C=O) groups is 1. The number of thioether (sulfide) groups is 1. The summed E-state index contributed by atoms with van der Waals surface area (Å²) in [5.41, 5.74) is 1.84. The van der Waals surface area contributed by atoms with Gasteiger partial charge in [0.15, 0.2) is 5.16 Å². The van der Waals surface area contributed by atoms with Crippen molar-refractivity contribution >= 4 is 17.7 Å². The normalized spacial score (nSPS) is 10.3. The SMILES string of the molecule is CCOC(=O)c1c(C)nc(SC)nc1OCc1ccccc1. The Bertz CT molecular complexity index is 647. The fourth-order valence-corrected chi connectivity index (χ4v) is 2.28. The van der Waals surface area contributed by atoms with Gasteiger partial charge in [0.25, 0.3) is 0 Å². The van der Waals surface area contributed by atoms with Gasteiger partial charge in [0.2, 0.25) is 5.88 Å². The molecule has 0 atom stereocenters. The van der Waals surface area contributed by atoms with E-state index < -0.39 is 5.97 Å². The predicted molar refractivity (Wildman–Crippen MR) is 85.3 cm³/mol. The van der Waals surface area contributed by atoms with E-state index in [0.717, 1.165) is 5.56 Å². The molecule has 0 amide bonds. The lowest BCUT2D eigenvalue weighted by atomic mass is 10.2. The van der Waals surface area contributed by atoms with Crippen LogP contribution in [0, 0.1) is 6.92 Å². The molecule has 0 bridgehead atoms. The molecular formula is C16H18N2O3S. The maximum Gasteiger partial charge on any atom is 0.345 e. The summed E-state index contributed by atoms with van der Waals surface area (Å²) >= 11 is 1.40. The molecule has 22 heavy (non-hydrogen) atoms. The van der Waals surface area contributed by atoms with Crippen molar-refractivity contribution in [2.24, 2.45) is 0 Å². The molecule has 0 aliphatic carbocycles. The molecule has 2 aromatic rings. The van der Waals surface area contributed by atoms with Crippen LogP contribution < -0.4 is 4.74 Å². The van der Waals surface area contributed by atoms with E-state index >= 15 is 0 Å². The number of aromatic nitrogens is 2. The Morgan fingerprint density at radius 3 is 2.59 bits per heavy atom. The highest BCUT2D eigenvalue weighted by Crippen LogP contribution is 2.24. The molecular weight excluding hydrogens is 300 g/mol. The van der Waals surface area contributed by atoms with Crippen LogP contribution >= 0.6 is 11.8 Å². The van der Waals surface area contributed by atoms with Gasteiger partial charge < -0.3 is 9.47 Å². The van der Waals surface area contributed by atoms with Crippen LogP contribution in [0.2, 0.25) is 0 Å². The summed E-state index contributed by atoms with van der Waals surface area (Å²) in [5.74, 6) is -0.199. The summed E-state index contributed by atoms with van der Waals surface area (Å²) in [6.45, 7) is 4.14. The van der Waals surface area contributed by atoms with E-state index in [9.17, 15) is 4.79 Å². The predicted octanol–water partition coefficient (Wildman–Crippen LogP) is 3.26. The Morgan fingerprint density at radius 2 is 1.95 bits per heavy atom. The van der Waals surface area contributed by atoms with Gasteiger partial charge in [0.1, 0.15) is 12.2 Å². The summed E-state index contributed by atoms with van der Waals surface area (Å²) in [5, 5.41) is 0.564. The van der Waals surface area contributed by atoms with Gasteiger partial charge in [-0.25, -0.2) is 9.78 Å². The lowest BCUT2D eigenvalue weighted by molar-refractivity contribution is 0.0518. The van der Waals surface area contributed by atoms with Crippen molar-refractivity contribution in [3.05, 3.63) is 47.2 Å². The first-order valence-corrected chi connectivity index (χ1v) is 8.14. The summed E-state index contributed by atoms with van der Waals surface area (Å²) in [4.78, 5) is 20.7. The zero-order valence-corrected chi connectivity index (χ0v) is 13.6. The maximum atomic E-state index is 12.1. The number of hydrogen-bond donors (Lipinski definition) is 0. The Morgan fingerprint density at radius 1 is 1.23 bits per heavy atom. The number of nitrogens with zero attached hydrogens (tertiary/aromatic N) is 2. The van der Waals surface area contributed by atoms with E-state index in [1.807, 2.05) is 36.6 Å². The second-order valence-corrected chi connectivity index (χ2v) is 5.24. The minimum absolute atomic E-state index is 0.263. The molecule has 116 valence electrons. The van der Waals surface area contributed by atoms with Crippen molar-refractivity contribution in [1.29, 1.82) is 0 Å². The first kappa shape index (κ1) is 16.3. The standard InChI is InChI=1S/C16H18N2O3S/c1-4-20-15(19)13-11(2)17-16(22-3)18-14(13)21-10-12-8-6-5-7-9-12/h5-9H,4,10H2,1-3H3. The third-order valence-electron chi connectivity index (χ3n) is 2.92. The molecule has 0 unspecified atom stereocenters.